The highest BCUT2D eigenvalue weighted by Gasteiger charge is 2.44. The summed E-state index contributed by atoms with van der Waals surface area (Å²) in [6.07, 6.45) is 1.16. The number of fused-ring (bicyclic) bond motifs is 2. The van der Waals surface area contributed by atoms with Crippen LogP contribution in [0.2, 0.25) is 5.02 Å². The highest BCUT2D eigenvalue weighted by molar-refractivity contribution is 6.30. The molecule has 1 aromatic heterocycles. The van der Waals surface area contributed by atoms with E-state index in [0.717, 1.165) is 37.0 Å². The number of H-pyrrole nitrogens is 1. The summed E-state index contributed by atoms with van der Waals surface area (Å²) < 4.78 is 0. The van der Waals surface area contributed by atoms with Crippen molar-refractivity contribution in [1.29, 1.82) is 0 Å². The van der Waals surface area contributed by atoms with Crippen LogP contribution in [0.1, 0.15) is 12.0 Å². The van der Waals surface area contributed by atoms with Crippen molar-refractivity contribution >= 4 is 23.5 Å². The van der Waals surface area contributed by atoms with E-state index in [9.17, 15) is 0 Å². The Kier molecular flexibility index (Phi) is 3.01. The second kappa shape index (κ2) is 4.89. The minimum Gasteiger partial charge on any atom is -0.368 e. The monoisotopic (exact) mass is 304 g/mol. The third kappa shape index (κ3) is 2.34. The van der Waals surface area contributed by atoms with Crippen LogP contribution in [0.4, 0.5) is 11.9 Å². The number of nitrogens with one attached hydrogen (secondary N) is 1. The highest BCUT2D eigenvalue weighted by Crippen LogP contribution is 2.34. The van der Waals surface area contributed by atoms with E-state index in [1.807, 2.05) is 18.2 Å². The van der Waals surface area contributed by atoms with Gasteiger partial charge in [-0.3, -0.25) is 4.90 Å². The third-order valence-electron chi connectivity index (χ3n) is 4.38. The van der Waals surface area contributed by atoms with Crippen molar-refractivity contribution in [2.75, 3.05) is 23.7 Å². The first-order valence-corrected chi connectivity index (χ1v) is 7.50. The van der Waals surface area contributed by atoms with E-state index in [2.05, 4.69) is 31.0 Å². The molecule has 3 N–H and O–H groups in total. The van der Waals surface area contributed by atoms with Gasteiger partial charge in [0, 0.05) is 36.7 Å². The Morgan fingerprint density at radius 3 is 2.90 bits per heavy atom. The van der Waals surface area contributed by atoms with Gasteiger partial charge in [-0.05, 0) is 24.1 Å². The van der Waals surface area contributed by atoms with Crippen LogP contribution in [0, 0.1) is 0 Å². The van der Waals surface area contributed by atoms with Crippen molar-refractivity contribution in [2.45, 2.75) is 25.0 Å². The van der Waals surface area contributed by atoms with Crippen LogP contribution in [-0.4, -0.2) is 45.3 Å². The van der Waals surface area contributed by atoms with Crippen LogP contribution >= 0.6 is 11.6 Å². The van der Waals surface area contributed by atoms with Crippen LogP contribution in [0.5, 0.6) is 0 Å². The number of halogens is 1. The van der Waals surface area contributed by atoms with E-state index < -0.39 is 0 Å². The Bertz CT molecular complexity index is 656. The predicted molar refractivity (Wildman–Crippen MR) is 82.2 cm³/mol. The summed E-state index contributed by atoms with van der Waals surface area (Å²) in [5.41, 5.74) is 6.88. The molecule has 0 amide bonds. The Labute approximate surface area is 127 Å². The lowest BCUT2D eigenvalue weighted by Gasteiger charge is -2.33. The standard InChI is InChI=1S/C14H17ClN6/c15-10-3-1-2-9(4-10)6-20-7-12-5-11(20)8-21(12)14-17-13(16)18-19-14/h1-4,11-12H,5-8H2,(H3,16,17,18,19). The molecule has 21 heavy (non-hydrogen) atoms. The number of anilines is 2. The zero-order valence-corrected chi connectivity index (χ0v) is 12.3. The molecule has 6 nitrogen and oxygen atoms in total. The van der Waals surface area contributed by atoms with E-state index in [1.165, 1.54) is 5.56 Å². The van der Waals surface area contributed by atoms with E-state index >= 15 is 0 Å². The Hall–Kier alpha value is -1.79. The predicted octanol–water partition coefficient (Wildman–Crippen LogP) is 1.50. The maximum Gasteiger partial charge on any atom is 0.246 e. The summed E-state index contributed by atoms with van der Waals surface area (Å²) in [6, 6.07) is 9.12. The van der Waals surface area contributed by atoms with Crippen molar-refractivity contribution in [2.24, 2.45) is 0 Å². The molecule has 2 aromatic rings. The molecule has 2 atom stereocenters. The molecule has 2 aliphatic rings. The van der Waals surface area contributed by atoms with Gasteiger partial charge in [-0.15, -0.1) is 5.10 Å². The van der Waals surface area contributed by atoms with Gasteiger partial charge >= 0.3 is 0 Å². The number of aromatic amines is 1. The molecule has 3 heterocycles. The summed E-state index contributed by atoms with van der Waals surface area (Å²) in [6.45, 7) is 2.94. The van der Waals surface area contributed by atoms with Crippen LogP contribution < -0.4 is 10.6 Å². The van der Waals surface area contributed by atoms with Gasteiger partial charge in [0.25, 0.3) is 0 Å². The fraction of sp³-hybridized carbons (Fsp3) is 0.429. The Morgan fingerprint density at radius 1 is 1.33 bits per heavy atom. The number of piperazine rings is 1. The topological polar surface area (TPSA) is 74.1 Å². The van der Waals surface area contributed by atoms with Crippen molar-refractivity contribution in [3.63, 3.8) is 0 Å². The molecule has 2 bridgehead atoms. The third-order valence-corrected chi connectivity index (χ3v) is 4.61. The Balaban J connectivity index is 1.45. The maximum atomic E-state index is 6.06. The van der Waals surface area contributed by atoms with Crippen LogP contribution in [0.3, 0.4) is 0 Å². The number of rotatable bonds is 3. The van der Waals surface area contributed by atoms with Gasteiger partial charge in [-0.25, -0.2) is 5.10 Å². The van der Waals surface area contributed by atoms with Gasteiger partial charge < -0.3 is 10.6 Å². The van der Waals surface area contributed by atoms with E-state index in [1.54, 1.807) is 0 Å². The van der Waals surface area contributed by atoms with E-state index in [4.69, 9.17) is 17.3 Å². The van der Waals surface area contributed by atoms with Gasteiger partial charge in [0.2, 0.25) is 11.9 Å². The van der Waals surface area contributed by atoms with Crippen LogP contribution in [-0.2, 0) is 6.54 Å². The molecule has 2 fully saturated rings. The first kappa shape index (κ1) is 12.9. The summed E-state index contributed by atoms with van der Waals surface area (Å²) in [5.74, 6) is 1.10. The average molecular weight is 305 g/mol. The zero-order valence-electron chi connectivity index (χ0n) is 11.5. The summed E-state index contributed by atoms with van der Waals surface area (Å²) in [7, 11) is 0. The lowest BCUT2D eigenvalue weighted by atomic mass is 10.2. The van der Waals surface area contributed by atoms with Gasteiger partial charge in [0.05, 0.1) is 0 Å². The van der Waals surface area contributed by atoms with Crippen molar-refractivity contribution in [3.05, 3.63) is 34.9 Å². The SMILES string of the molecule is Nc1nc(N2CC3CC2CN3Cc2cccc(Cl)c2)n[nH]1. The van der Waals surface area contributed by atoms with Crippen molar-refractivity contribution in [3.8, 4) is 0 Å². The normalized spacial score (nSPS) is 24.9. The van der Waals surface area contributed by atoms with Gasteiger partial charge in [0.15, 0.2) is 0 Å². The molecule has 4 rings (SSSR count). The largest absolute Gasteiger partial charge is 0.368 e. The molecule has 7 heteroatoms. The molecular weight excluding hydrogens is 288 g/mol. The van der Waals surface area contributed by atoms with E-state index in [0.29, 0.717) is 18.0 Å². The van der Waals surface area contributed by atoms with Gasteiger partial charge in [0.1, 0.15) is 0 Å². The number of hydrogen-bond acceptors (Lipinski definition) is 5. The average Bonchev–Trinajstić information content (AvgIpc) is 3.13. The second-order valence-electron chi connectivity index (χ2n) is 5.78. The molecule has 1 aromatic carbocycles. The van der Waals surface area contributed by atoms with Crippen molar-refractivity contribution < 1.29 is 0 Å². The summed E-state index contributed by atoms with van der Waals surface area (Å²) >= 11 is 6.06. The highest BCUT2D eigenvalue weighted by atomic mass is 35.5. The lowest BCUT2D eigenvalue weighted by molar-refractivity contribution is 0.229. The molecule has 0 radical (unpaired) electrons. The number of aromatic nitrogens is 3. The minimum atomic E-state index is 0.378. The number of benzene rings is 1. The number of nitrogens with zero attached hydrogens (tertiary/aromatic N) is 4. The molecule has 110 valence electrons. The minimum absolute atomic E-state index is 0.378. The smallest absolute Gasteiger partial charge is 0.246 e. The van der Waals surface area contributed by atoms with Crippen LogP contribution in [0.15, 0.2) is 24.3 Å². The quantitative estimate of drug-likeness (QED) is 0.899. The molecule has 2 aliphatic heterocycles. The van der Waals surface area contributed by atoms with E-state index in [-0.39, 0.29) is 0 Å². The fourth-order valence-electron chi connectivity index (χ4n) is 3.45. The van der Waals surface area contributed by atoms with Crippen molar-refractivity contribution in [1.82, 2.24) is 20.1 Å². The number of nitrogens with two attached hydrogens (primary N) is 1. The lowest BCUT2D eigenvalue weighted by Crippen LogP contribution is -2.46. The molecule has 0 saturated carbocycles. The molecule has 0 spiro atoms. The van der Waals surface area contributed by atoms with Gasteiger partial charge in [-0.1, -0.05) is 23.7 Å². The zero-order chi connectivity index (χ0) is 14.4. The summed E-state index contributed by atoms with van der Waals surface area (Å²) in [4.78, 5) is 9.01. The number of likely N-dealkylation sites (tertiary alicyclic amines) is 1. The molecule has 0 aliphatic carbocycles. The number of nitrogen functional groups attached to an aromatic ring is 1. The summed E-state index contributed by atoms with van der Waals surface area (Å²) in [5, 5.41) is 7.68. The maximum absolute atomic E-state index is 6.06. The number of hydrogen-bond donors (Lipinski definition) is 2. The molecule has 2 unspecified atom stereocenters. The second-order valence-corrected chi connectivity index (χ2v) is 6.21. The molecule has 2 saturated heterocycles. The molecular formula is C14H17ClN6. The van der Waals surface area contributed by atoms with Crippen LogP contribution in [0.25, 0.3) is 0 Å². The first-order valence-electron chi connectivity index (χ1n) is 7.12. The van der Waals surface area contributed by atoms with Gasteiger partial charge in [-0.2, -0.15) is 4.98 Å². The Morgan fingerprint density at radius 2 is 2.24 bits per heavy atom. The first-order chi connectivity index (χ1) is 10.2. The fourth-order valence-corrected chi connectivity index (χ4v) is 3.66.